The number of nitrogens with zero attached hydrogens (tertiary/aromatic N) is 1. The first-order valence-corrected chi connectivity index (χ1v) is 9.54. The number of likely N-dealkylation sites (tertiary alicyclic amines) is 1. The van der Waals surface area contributed by atoms with Crippen molar-refractivity contribution >= 4 is 5.91 Å². The molecule has 0 aromatic heterocycles. The second-order valence-electron chi connectivity index (χ2n) is 7.42. The third kappa shape index (κ3) is 3.49. The highest BCUT2D eigenvalue weighted by molar-refractivity contribution is 5.79. The number of hydrogen-bond acceptors (Lipinski definition) is 3. The van der Waals surface area contributed by atoms with E-state index < -0.39 is 11.6 Å². The SMILES string of the molecule is COc1ccc2c(c1)CCOC21CCN(C(=O)Cc2ccc(F)c(F)c2)CC1. The Balaban J connectivity index is 1.45. The first-order valence-electron chi connectivity index (χ1n) is 9.54. The van der Waals surface area contributed by atoms with Crippen molar-refractivity contribution in [2.75, 3.05) is 26.8 Å². The Morgan fingerprint density at radius 3 is 2.64 bits per heavy atom. The van der Waals surface area contributed by atoms with Crippen LogP contribution in [0.5, 0.6) is 5.75 Å². The summed E-state index contributed by atoms with van der Waals surface area (Å²) >= 11 is 0. The molecule has 0 atom stereocenters. The normalized spacial score (nSPS) is 18.0. The molecule has 0 aliphatic carbocycles. The van der Waals surface area contributed by atoms with E-state index in [1.165, 1.54) is 17.2 Å². The van der Waals surface area contributed by atoms with E-state index in [1.807, 2.05) is 6.07 Å². The number of ether oxygens (including phenoxy) is 2. The van der Waals surface area contributed by atoms with Crippen LogP contribution < -0.4 is 4.74 Å². The van der Waals surface area contributed by atoms with Crippen molar-refractivity contribution in [1.29, 1.82) is 0 Å². The summed E-state index contributed by atoms with van der Waals surface area (Å²) in [4.78, 5) is 14.4. The van der Waals surface area contributed by atoms with Crippen LogP contribution in [0.2, 0.25) is 0 Å². The number of fused-ring (bicyclic) bond motifs is 2. The maximum atomic E-state index is 13.4. The maximum absolute atomic E-state index is 13.4. The van der Waals surface area contributed by atoms with Crippen LogP contribution in [0, 0.1) is 11.6 Å². The number of hydrogen-bond donors (Lipinski definition) is 0. The Kier molecular flexibility index (Phi) is 5.06. The van der Waals surface area contributed by atoms with E-state index in [0.717, 1.165) is 37.1 Å². The van der Waals surface area contributed by atoms with Crippen molar-refractivity contribution in [3.8, 4) is 5.75 Å². The van der Waals surface area contributed by atoms with Crippen LogP contribution in [0.4, 0.5) is 8.78 Å². The van der Waals surface area contributed by atoms with Crippen LogP contribution in [0.25, 0.3) is 0 Å². The van der Waals surface area contributed by atoms with Gasteiger partial charge in [-0.2, -0.15) is 0 Å². The monoisotopic (exact) mass is 387 g/mol. The van der Waals surface area contributed by atoms with E-state index in [-0.39, 0.29) is 17.9 Å². The number of rotatable bonds is 3. The predicted octanol–water partition coefficient (Wildman–Crippen LogP) is 3.61. The molecule has 4 rings (SSSR count). The summed E-state index contributed by atoms with van der Waals surface area (Å²) in [5, 5.41) is 0. The first-order chi connectivity index (χ1) is 13.5. The summed E-state index contributed by atoms with van der Waals surface area (Å²) in [6.07, 6.45) is 2.36. The van der Waals surface area contributed by atoms with Gasteiger partial charge in [0.2, 0.25) is 5.91 Å². The number of carbonyl (C=O) groups is 1. The fraction of sp³-hybridized carbons (Fsp3) is 0.409. The molecule has 2 aliphatic heterocycles. The lowest BCUT2D eigenvalue weighted by molar-refractivity contribution is -0.140. The lowest BCUT2D eigenvalue weighted by atomic mass is 9.79. The van der Waals surface area contributed by atoms with Gasteiger partial charge < -0.3 is 14.4 Å². The highest BCUT2D eigenvalue weighted by Gasteiger charge is 2.41. The first kappa shape index (κ1) is 18.9. The van der Waals surface area contributed by atoms with Crippen molar-refractivity contribution < 1.29 is 23.0 Å². The summed E-state index contributed by atoms with van der Waals surface area (Å²) in [5.41, 5.74) is 2.55. The van der Waals surface area contributed by atoms with Crippen molar-refractivity contribution in [2.45, 2.75) is 31.3 Å². The minimum atomic E-state index is -0.925. The summed E-state index contributed by atoms with van der Waals surface area (Å²) in [6, 6.07) is 9.70. The van der Waals surface area contributed by atoms with Crippen molar-refractivity contribution in [2.24, 2.45) is 0 Å². The molecule has 2 aromatic carbocycles. The second-order valence-corrected chi connectivity index (χ2v) is 7.42. The van der Waals surface area contributed by atoms with Gasteiger partial charge in [-0.3, -0.25) is 4.79 Å². The lowest BCUT2D eigenvalue weighted by Gasteiger charge is -2.45. The molecule has 28 heavy (non-hydrogen) atoms. The van der Waals surface area contributed by atoms with Crippen LogP contribution in [-0.2, 0) is 28.0 Å². The zero-order chi connectivity index (χ0) is 19.7. The molecule has 4 nitrogen and oxygen atoms in total. The van der Waals surface area contributed by atoms with Gasteiger partial charge in [0.15, 0.2) is 11.6 Å². The molecule has 2 aromatic rings. The van der Waals surface area contributed by atoms with Crippen LogP contribution in [0.15, 0.2) is 36.4 Å². The van der Waals surface area contributed by atoms with Gasteiger partial charge in [0, 0.05) is 13.1 Å². The molecule has 6 heteroatoms. The Morgan fingerprint density at radius 2 is 1.93 bits per heavy atom. The van der Waals surface area contributed by atoms with Gasteiger partial charge in [-0.25, -0.2) is 8.78 Å². The number of methoxy groups -OCH3 is 1. The van der Waals surface area contributed by atoms with Gasteiger partial charge in [-0.1, -0.05) is 12.1 Å². The summed E-state index contributed by atoms with van der Waals surface area (Å²) in [6.45, 7) is 1.81. The topological polar surface area (TPSA) is 38.8 Å². The third-order valence-electron chi connectivity index (χ3n) is 5.82. The van der Waals surface area contributed by atoms with E-state index in [1.54, 1.807) is 12.0 Å². The minimum absolute atomic E-state index is 0.0683. The van der Waals surface area contributed by atoms with Crippen LogP contribution >= 0.6 is 0 Å². The smallest absolute Gasteiger partial charge is 0.226 e. The Hall–Kier alpha value is -2.47. The number of benzene rings is 2. The Morgan fingerprint density at radius 1 is 1.14 bits per heavy atom. The van der Waals surface area contributed by atoms with E-state index >= 15 is 0 Å². The molecule has 1 saturated heterocycles. The quantitative estimate of drug-likeness (QED) is 0.808. The zero-order valence-electron chi connectivity index (χ0n) is 15.8. The molecule has 0 bridgehead atoms. The fourth-order valence-electron chi connectivity index (χ4n) is 4.25. The highest BCUT2D eigenvalue weighted by Crippen LogP contribution is 2.42. The average Bonchev–Trinajstić information content (AvgIpc) is 2.71. The van der Waals surface area contributed by atoms with Gasteiger partial charge >= 0.3 is 0 Å². The van der Waals surface area contributed by atoms with Crippen molar-refractivity contribution in [3.63, 3.8) is 0 Å². The van der Waals surface area contributed by atoms with Gasteiger partial charge in [-0.05, 0) is 60.2 Å². The predicted molar refractivity (Wildman–Crippen MR) is 100 cm³/mol. The molecule has 1 fully saturated rings. The zero-order valence-corrected chi connectivity index (χ0v) is 15.8. The molecule has 1 spiro atoms. The molecule has 0 unspecified atom stereocenters. The Labute approximate surface area is 163 Å². The van der Waals surface area contributed by atoms with Gasteiger partial charge in [0.25, 0.3) is 0 Å². The van der Waals surface area contributed by atoms with Crippen molar-refractivity contribution in [3.05, 3.63) is 64.7 Å². The fourth-order valence-corrected chi connectivity index (χ4v) is 4.25. The van der Waals surface area contributed by atoms with Crippen LogP contribution in [0.1, 0.15) is 29.5 Å². The molecule has 0 radical (unpaired) electrons. The second kappa shape index (κ2) is 7.51. The third-order valence-corrected chi connectivity index (χ3v) is 5.82. The van der Waals surface area contributed by atoms with Gasteiger partial charge in [0.1, 0.15) is 5.75 Å². The van der Waals surface area contributed by atoms with E-state index in [4.69, 9.17) is 9.47 Å². The number of carbonyl (C=O) groups excluding carboxylic acids is 1. The van der Waals surface area contributed by atoms with Crippen LogP contribution in [0.3, 0.4) is 0 Å². The molecular weight excluding hydrogens is 364 g/mol. The van der Waals surface area contributed by atoms with Crippen LogP contribution in [-0.4, -0.2) is 37.6 Å². The van der Waals surface area contributed by atoms with E-state index in [0.29, 0.717) is 25.3 Å². The number of amides is 1. The maximum Gasteiger partial charge on any atom is 0.226 e. The van der Waals surface area contributed by atoms with E-state index in [9.17, 15) is 13.6 Å². The average molecular weight is 387 g/mol. The van der Waals surface area contributed by atoms with E-state index in [2.05, 4.69) is 12.1 Å². The molecule has 0 N–H and O–H groups in total. The molecular formula is C22H23F2NO3. The Bertz CT molecular complexity index is 891. The van der Waals surface area contributed by atoms with Gasteiger partial charge in [-0.15, -0.1) is 0 Å². The highest BCUT2D eigenvalue weighted by atomic mass is 19.2. The summed E-state index contributed by atoms with van der Waals surface area (Å²) < 4.78 is 38.0. The number of piperidine rings is 1. The molecule has 1 amide bonds. The largest absolute Gasteiger partial charge is 0.497 e. The lowest BCUT2D eigenvalue weighted by Crippen LogP contribution is -2.48. The molecule has 2 heterocycles. The van der Waals surface area contributed by atoms with Gasteiger partial charge in [0.05, 0.1) is 25.7 Å². The number of halogens is 2. The minimum Gasteiger partial charge on any atom is -0.497 e. The standard InChI is InChI=1S/C22H23F2NO3/c1-27-17-3-4-18-16(14-17)6-11-28-22(18)7-9-25(10-8-22)21(26)13-15-2-5-19(23)20(24)12-15/h2-5,12,14H,6-11,13H2,1H3. The van der Waals surface area contributed by atoms with Crippen molar-refractivity contribution in [1.82, 2.24) is 4.90 Å². The molecule has 2 aliphatic rings. The molecule has 148 valence electrons. The molecule has 0 saturated carbocycles. The summed E-state index contributed by atoms with van der Waals surface area (Å²) in [5.74, 6) is -1.06. The summed E-state index contributed by atoms with van der Waals surface area (Å²) in [7, 11) is 1.66.